The van der Waals surface area contributed by atoms with E-state index in [9.17, 15) is 22.8 Å². The fraction of sp³-hybridized carbons (Fsp3) is 0.500. The van der Waals surface area contributed by atoms with Crippen molar-refractivity contribution in [2.75, 3.05) is 13.1 Å². The second-order valence-electron chi connectivity index (χ2n) is 8.24. The van der Waals surface area contributed by atoms with Crippen LogP contribution in [0.4, 0.5) is 13.2 Å². The largest absolute Gasteiger partial charge is 0.416 e. The van der Waals surface area contributed by atoms with Crippen LogP contribution in [-0.2, 0) is 25.7 Å². The third-order valence-corrected chi connectivity index (χ3v) is 6.19. The lowest BCUT2D eigenvalue weighted by atomic mass is 10.1. The molecule has 0 radical (unpaired) electrons. The van der Waals surface area contributed by atoms with E-state index < -0.39 is 17.6 Å². The SMILES string of the molecule is CCc1c(C(=O)NCc2cccc(C(F)(F)F)c2)c(=O)cc(C)n1CC1CCCN1CC. The van der Waals surface area contributed by atoms with Crippen molar-refractivity contribution in [3.8, 4) is 0 Å². The second kappa shape index (κ2) is 9.90. The number of carbonyl (C=O) groups is 1. The molecular formula is C24H30F3N3O2. The number of nitrogens with zero attached hydrogens (tertiary/aromatic N) is 2. The fourth-order valence-corrected chi connectivity index (χ4v) is 4.55. The van der Waals surface area contributed by atoms with Gasteiger partial charge in [-0.15, -0.1) is 0 Å². The Labute approximate surface area is 186 Å². The summed E-state index contributed by atoms with van der Waals surface area (Å²) < 4.78 is 40.9. The highest BCUT2D eigenvalue weighted by atomic mass is 19.4. The van der Waals surface area contributed by atoms with Crippen LogP contribution in [0.1, 0.15) is 59.6 Å². The average Bonchev–Trinajstić information content (AvgIpc) is 3.20. The van der Waals surface area contributed by atoms with Crippen LogP contribution in [-0.4, -0.2) is 34.5 Å². The molecule has 0 aliphatic carbocycles. The monoisotopic (exact) mass is 449 g/mol. The van der Waals surface area contributed by atoms with E-state index in [2.05, 4.69) is 21.7 Å². The standard InChI is InChI=1S/C24H30F3N3O2/c1-4-20-22(23(32)28-14-17-8-6-9-18(13-17)24(25,26)27)21(31)12-16(3)30(20)15-19-10-7-11-29(19)5-2/h6,8-9,12-13,19H,4-5,7,10-11,14-15H2,1-3H3,(H,28,32). The molecule has 8 heteroatoms. The molecule has 1 saturated heterocycles. The van der Waals surface area contributed by atoms with Crippen LogP contribution in [0.15, 0.2) is 35.1 Å². The molecule has 0 bridgehead atoms. The summed E-state index contributed by atoms with van der Waals surface area (Å²) in [6.07, 6.45) is -1.75. The number of amides is 1. The minimum atomic E-state index is -4.45. The maximum Gasteiger partial charge on any atom is 0.416 e. The maximum absolute atomic E-state index is 13.0. The molecule has 2 heterocycles. The quantitative estimate of drug-likeness (QED) is 0.691. The van der Waals surface area contributed by atoms with Gasteiger partial charge in [-0.3, -0.25) is 14.5 Å². The zero-order valence-electron chi connectivity index (χ0n) is 18.8. The lowest BCUT2D eigenvalue weighted by Gasteiger charge is -2.27. The van der Waals surface area contributed by atoms with E-state index in [1.807, 2.05) is 13.8 Å². The van der Waals surface area contributed by atoms with Crippen molar-refractivity contribution in [2.24, 2.45) is 0 Å². The molecule has 174 valence electrons. The molecule has 0 saturated carbocycles. The van der Waals surface area contributed by atoms with Crippen molar-refractivity contribution in [1.82, 2.24) is 14.8 Å². The molecule has 1 N–H and O–H groups in total. The lowest BCUT2D eigenvalue weighted by molar-refractivity contribution is -0.137. The highest BCUT2D eigenvalue weighted by Gasteiger charge is 2.30. The first-order valence-electron chi connectivity index (χ1n) is 11.1. The van der Waals surface area contributed by atoms with E-state index in [0.717, 1.165) is 43.8 Å². The Balaban J connectivity index is 1.85. The summed E-state index contributed by atoms with van der Waals surface area (Å²) in [4.78, 5) is 28.1. The summed E-state index contributed by atoms with van der Waals surface area (Å²) in [5.41, 5.74) is 0.738. The Bertz CT molecular complexity index is 1030. The van der Waals surface area contributed by atoms with E-state index in [1.54, 1.807) is 0 Å². The third-order valence-electron chi connectivity index (χ3n) is 6.19. The number of aromatic nitrogens is 1. The van der Waals surface area contributed by atoms with Crippen LogP contribution in [0.3, 0.4) is 0 Å². The number of hydrogen-bond donors (Lipinski definition) is 1. The van der Waals surface area contributed by atoms with Crippen LogP contribution in [0.25, 0.3) is 0 Å². The minimum Gasteiger partial charge on any atom is -0.348 e. The Hall–Kier alpha value is -2.61. The highest BCUT2D eigenvalue weighted by Crippen LogP contribution is 2.29. The molecule has 1 aromatic carbocycles. The van der Waals surface area contributed by atoms with Crippen LogP contribution in [0.5, 0.6) is 0 Å². The Morgan fingerprint density at radius 3 is 2.62 bits per heavy atom. The van der Waals surface area contributed by atoms with Crippen molar-refractivity contribution in [3.63, 3.8) is 0 Å². The Morgan fingerprint density at radius 2 is 1.97 bits per heavy atom. The fourth-order valence-electron chi connectivity index (χ4n) is 4.55. The molecule has 1 amide bonds. The number of aryl methyl sites for hydroxylation is 1. The normalized spacial score (nSPS) is 17.0. The first-order valence-corrected chi connectivity index (χ1v) is 11.1. The topological polar surface area (TPSA) is 54.3 Å². The highest BCUT2D eigenvalue weighted by molar-refractivity contribution is 5.95. The summed E-state index contributed by atoms with van der Waals surface area (Å²) in [5.74, 6) is -0.559. The number of pyridine rings is 1. The lowest BCUT2D eigenvalue weighted by Crippen LogP contribution is -2.37. The zero-order valence-corrected chi connectivity index (χ0v) is 18.8. The molecule has 1 unspecified atom stereocenters. The molecule has 1 fully saturated rings. The number of likely N-dealkylation sites (tertiary alicyclic amines) is 1. The van der Waals surface area contributed by atoms with Gasteiger partial charge >= 0.3 is 6.18 Å². The molecule has 1 atom stereocenters. The van der Waals surface area contributed by atoms with Gasteiger partial charge in [0.25, 0.3) is 5.91 Å². The summed E-state index contributed by atoms with van der Waals surface area (Å²) in [5, 5.41) is 2.64. The molecule has 0 spiro atoms. The van der Waals surface area contributed by atoms with Crippen LogP contribution in [0, 0.1) is 6.92 Å². The average molecular weight is 450 g/mol. The van der Waals surface area contributed by atoms with Crippen molar-refractivity contribution >= 4 is 5.91 Å². The van der Waals surface area contributed by atoms with Gasteiger partial charge in [-0.1, -0.05) is 26.0 Å². The van der Waals surface area contributed by atoms with Gasteiger partial charge in [0.15, 0.2) is 5.43 Å². The van der Waals surface area contributed by atoms with Crippen molar-refractivity contribution in [2.45, 2.75) is 65.3 Å². The number of likely N-dealkylation sites (N-methyl/N-ethyl adjacent to an activating group) is 1. The second-order valence-corrected chi connectivity index (χ2v) is 8.24. The summed E-state index contributed by atoms with van der Waals surface area (Å²) >= 11 is 0. The first kappa shape index (κ1) is 24.0. The minimum absolute atomic E-state index is 0.0751. The molecule has 1 aliphatic rings. The van der Waals surface area contributed by atoms with Gasteiger partial charge < -0.3 is 9.88 Å². The predicted molar refractivity (Wildman–Crippen MR) is 118 cm³/mol. The van der Waals surface area contributed by atoms with Gasteiger partial charge in [-0.2, -0.15) is 13.2 Å². The first-order chi connectivity index (χ1) is 15.2. The molecule has 2 aromatic rings. The van der Waals surface area contributed by atoms with Crippen molar-refractivity contribution in [3.05, 3.63) is 68.6 Å². The Kier molecular flexibility index (Phi) is 7.44. The number of carbonyl (C=O) groups excluding carboxylic acids is 1. The van der Waals surface area contributed by atoms with Gasteiger partial charge in [0.2, 0.25) is 0 Å². The number of rotatable bonds is 7. The summed E-state index contributed by atoms with van der Waals surface area (Å²) in [6, 6.07) is 6.65. The molecule has 3 rings (SSSR count). The molecule has 32 heavy (non-hydrogen) atoms. The van der Waals surface area contributed by atoms with Gasteiger partial charge in [0.05, 0.1) is 5.56 Å². The molecule has 5 nitrogen and oxygen atoms in total. The van der Waals surface area contributed by atoms with Crippen LogP contribution >= 0.6 is 0 Å². The number of halogens is 3. The van der Waals surface area contributed by atoms with Gasteiger partial charge in [-0.05, 0) is 57.0 Å². The van der Waals surface area contributed by atoms with Gasteiger partial charge in [-0.25, -0.2) is 0 Å². The van der Waals surface area contributed by atoms with E-state index in [-0.39, 0.29) is 17.5 Å². The van der Waals surface area contributed by atoms with E-state index >= 15 is 0 Å². The molecule has 1 aliphatic heterocycles. The van der Waals surface area contributed by atoms with Crippen molar-refractivity contribution < 1.29 is 18.0 Å². The number of alkyl halides is 3. The number of nitrogens with one attached hydrogen (secondary N) is 1. The Morgan fingerprint density at radius 1 is 1.22 bits per heavy atom. The predicted octanol–water partition coefficient (Wildman–Crippen LogP) is 4.15. The van der Waals surface area contributed by atoms with E-state index in [4.69, 9.17) is 0 Å². The maximum atomic E-state index is 13.0. The number of hydrogen-bond acceptors (Lipinski definition) is 3. The van der Waals surface area contributed by atoms with E-state index in [0.29, 0.717) is 30.3 Å². The van der Waals surface area contributed by atoms with Crippen LogP contribution in [0.2, 0.25) is 0 Å². The molecular weight excluding hydrogens is 419 g/mol. The van der Waals surface area contributed by atoms with Gasteiger partial charge in [0.1, 0.15) is 5.56 Å². The van der Waals surface area contributed by atoms with Crippen LogP contribution < -0.4 is 10.7 Å². The van der Waals surface area contributed by atoms with Crippen molar-refractivity contribution in [1.29, 1.82) is 0 Å². The summed E-state index contributed by atoms with van der Waals surface area (Å²) in [6.45, 7) is 8.52. The smallest absolute Gasteiger partial charge is 0.348 e. The third kappa shape index (κ3) is 5.23. The summed E-state index contributed by atoms with van der Waals surface area (Å²) in [7, 11) is 0. The van der Waals surface area contributed by atoms with E-state index in [1.165, 1.54) is 18.2 Å². The molecule has 1 aromatic heterocycles. The van der Waals surface area contributed by atoms with Gasteiger partial charge in [0, 0.05) is 36.6 Å². The number of benzene rings is 1. The zero-order chi connectivity index (χ0) is 23.5.